The van der Waals surface area contributed by atoms with Crippen LogP contribution in [-0.2, 0) is 16.1 Å². The molecule has 4 heteroatoms. The molecule has 0 aromatic heterocycles. The highest BCUT2D eigenvalue weighted by molar-refractivity contribution is 5.92. The summed E-state index contributed by atoms with van der Waals surface area (Å²) in [5, 5.41) is 0. The highest BCUT2D eigenvalue weighted by atomic mass is 16.6. The molecule has 18 heavy (non-hydrogen) atoms. The van der Waals surface area contributed by atoms with Crippen molar-refractivity contribution >= 4 is 12.0 Å². The fraction of sp³-hybridized carbons (Fsp3) is 0.429. The van der Waals surface area contributed by atoms with Gasteiger partial charge in [-0.2, -0.15) is 0 Å². The molecule has 4 nitrogen and oxygen atoms in total. The number of carbonyl (C=O) groups is 2. The van der Waals surface area contributed by atoms with E-state index in [1.54, 1.807) is 0 Å². The summed E-state index contributed by atoms with van der Waals surface area (Å²) in [5.74, 6) is 0.225. The Morgan fingerprint density at radius 1 is 1.39 bits per heavy atom. The number of likely N-dealkylation sites (tertiary alicyclic amines) is 1. The maximum Gasteiger partial charge on any atom is 0.416 e. The zero-order chi connectivity index (χ0) is 13.0. The van der Waals surface area contributed by atoms with Crippen LogP contribution in [0.15, 0.2) is 30.3 Å². The summed E-state index contributed by atoms with van der Waals surface area (Å²) in [6.45, 7) is 2.69. The van der Waals surface area contributed by atoms with Crippen LogP contribution in [0.5, 0.6) is 0 Å². The molecule has 1 aliphatic rings. The predicted octanol–water partition coefficient (Wildman–Crippen LogP) is 2.58. The number of rotatable bonds is 2. The largest absolute Gasteiger partial charge is 0.444 e. The second kappa shape index (κ2) is 5.67. The van der Waals surface area contributed by atoms with Crippen LogP contribution in [0.25, 0.3) is 0 Å². The van der Waals surface area contributed by atoms with E-state index in [9.17, 15) is 9.59 Å². The summed E-state index contributed by atoms with van der Waals surface area (Å²) in [5.41, 5.74) is 0.920. The minimum atomic E-state index is -0.532. The topological polar surface area (TPSA) is 46.6 Å². The molecule has 96 valence electrons. The first-order valence-corrected chi connectivity index (χ1v) is 6.18. The van der Waals surface area contributed by atoms with E-state index in [4.69, 9.17) is 4.74 Å². The van der Waals surface area contributed by atoms with Gasteiger partial charge in [-0.3, -0.25) is 4.79 Å². The van der Waals surface area contributed by atoms with Crippen molar-refractivity contribution in [3.63, 3.8) is 0 Å². The van der Waals surface area contributed by atoms with Crippen molar-refractivity contribution in [2.75, 3.05) is 6.54 Å². The van der Waals surface area contributed by atoms with E-state index in [1.165, 1.54) is 4.90 Å². The summed E-state index contributed by atoms with van der Waals surface area (Å²) in [4.78, 5) is 24.7. The number of benzene rings is 1. The zero-order valence-corrected chi connectivity index (χ0v) is 10.5. The third-order valence-corrected chi connectivity index (χ3v) is 3.10. The molecule has 1 aliphatic heterocycles. The van der Waals surface area contributed by atoms with Crippen molar-refractivity contribution in [2.45, 2.75) is 26.4 Å². The lowest BCUT2D eigenvalue weighted by Crippen LogP contribution is -2.42. The van der Waals surface area contributed by atoms with E-state index in [1.807, 2.05) is 37.3 Å². The van der Waals surface area contributed by atoms with E-state index in [0.717, 1.165) is 12.0 Å². The normalized spacial score (nSPS) is 19.7. The fourth-order valence-corrected chi connectivity index (χ4v) is 1.97. The molecule has 2 amide bonds. The minimum Gasteiger partial charge on any atom is -0.444 e. The summed E-state index contributed by atoms with van der Waals surface area (Å²) < 4.78 is 5.14. The highest BCUT2D eigenvalue weighted by Gasteiger charge is 2.28. The average Bonchev–Trinajstić information content (AvgIpc) is 2.37. The number of ether oxygens (including phenoxy) is 1. The van der Waals surface area contributed by atoms with Crippen LogP contribution in [0, 0.1) is 5.92 Å². The molecular weight excluding hydrogens is 230 g/mol. The molecule has 0 bridgehead atoms. The van der Waals surface area contributed by atoms with Crippen LogP contribution in [0.1, 0.15) is 25.3 Å². The van der Waals surface area contributed by atoms with Gasteiger partial charge in [0.2, 0.25) is 5.91 Å². The summed E-state index contributed by atoms with van der Waals surface area (Å²) in [6, 6.07) is 9.44. The van der Waals surface area contributed by atoms with E-state index in [2.05, 4.69) is 0 Å². The first-order valence-electron chi connectivity index (χ1n) is 6.18. The van der Waals surface area contributed by atoms with Gasteiger partial charge in [-0.1, -0.05) is 37.3 Å². The van der Waals surface area contributed by atoms with Gasteiger partial charge in [0.1, 0.15) is 6.61 Å². The number of amides is 2. The Kier molecular flexibility index (Phi) is 3.97. The third-order valence-electron chi connectivity index (χ3n) is 3.10. The van der Waals surface area contributed by atoms with Crippen LogP contribution < -0.4 is 0 Å². The van der Waals surface area contributed by atoms with Crippen LogP contribution in [0.2, 0.25) is 0 Å². The van der Waals surface area contributed by atoms with E-state index < -0.39 is 6.09 Å². The second-order valence-corrected chi connectivity index (χ2v) is 4.68. The Morgan fingerprint density at radius 2 is 2.11 bits per heavy atom. The first kappa shape index (κ1) is 12.6. The second-order valence-electron chi connectivity index (χ2n) is 4.68. The third kappa shape index (κ3) is 3.09. The summed E-state index contributed by atoms with van der Waals surface area (Å²) >= 11 is 0. The van der Waals surface area contributed by atoms with Gasteiger partial charge < -0.3 is 4.74 Å². The Labute approximate surface area is 107 Å². The number of carbonyl (C=O) groups excluding carboxylic acids is 2. The van der Waals surface area contributed by atoms with Gasteiger partial charge in [-0.25, -0.2) is 9.69 Å². The maximum absolute atomic E-state index is 11.8. The minimum absolute atomic E-state index is 0.133. The Morgan fingerprint density at radius 3 is 2.78 bits per heavy atom. The number of nitrogens with zero attached hydrogens (tertiary/aromatic N) is 1. The van der Waals surface area contributed by atoms with E-state index in [0.29, 0.717) is 18.9 Å². The number of hydrogen-bond acceptors (Lipinski definition) is 3. The van der Waals surface area contributed by atoms with Gasteiger partial charge in [0.25, 0.3) is 0 Å². The van der Waals surface area contributed by atoms with E-state index >= 15 is 0 Å². The van der Waals surface area contributed by atoms with Crippen molar-refractivity contribution in [2.24, 2.45) is 5.92 Å². The summed E-state index contributed by atoms with van der Waals surface area (Å²) in [7, 11) is 0. The van der Waals surface area contributed by atoms with Crippen molar-refractivity contribution in [3.8, 4) is 0 Å². The van der Waals surface area contributed by atoms with Crippen molar-refractivity contribution in [1.82, 2.24) is 4.90 Å². The standard InChI is InChI=1S/C14H17NO3/c1-11-7-8-15(13(16)9-11)14(17)18-10-12-5-3-2-4-6-12/h2-6,11H,7-10H2,1H3/t11-/m1/s1. The van der Waals surface area contributed by atoms with Gasteiger partial charge in [0.05, 0.1) is 0 Å². The first-order chi connectivity index (χ1) is 8.66. The molecule has 0 radical (unpaired) electrons. The summed E-state index contributed by atoms with van der Waals surface area (Å²) in [6.07, 6.45) is 0.753. The van der Waals surface area contributed by atoms with Crippen molar-refractivity contribution in [1.29, 1.82) is 0 Å². The molecular formula is C14H17NO3. The van der Waals surface area contributed by atoms with Crippen molar-refractivity contribution < 1.29 is 14.3 Å². The maximum atomic E-state index is 11.8. The van der Waals surface area contributed by atoms with Gasteiger partial charge in [-0.05, 0) is 17.9 Å². The van der Waals surface area contributed by atoms with Crippen LogP contribution >= 0.6 is 0 Å². The van der Waals surface area contributed by atoms with Crippen LogP contribution in [-0.4, -0.2) is 23.4 Å². The molecule has 0 N–H and O–H groups in total. The van der Waals surface area contributed by atoms with Crippen LogP contribution in [0.4, 0.5) is 4.79 Å². The van der Waals surface area contributed by atoms with Crippen LogP contribution in [0.3, 0.4) is 0 Å². The smallest absolute Gasteiger partial charge is 0.416 e. The Hall–Kier alpha value is -1.84. The van der Waals surface area contributed by atoms with Gasteiger partial charge in [0.15, 0.2) is 0 Å². The Balaban J connectivity index is 1.87. The molecule has 2 rings (SSSR count). The van der Waals surface area contributed by atoms with Gasteiger partial charge in [-0.15, -0.1) is 0 Å². The zero-order valence-electron chi connectivity index (χ0n) is 10.5. The molecule has 0 unspecified atom stereocenters. The lowest BCUT2D eigenvalue weighted by molar-refractivity contribution is -0.132. The SMILES string of the molecule is C[C@@H]1CCN(C(=O)OCc2ccccc2)C(=O)C1. The fourth-order valence-electron chi connectivity index (χ4n) is 1.97. The van der Waals surface area contributed by atoms with E-state index in [-0.39, 0.29) is 12.5 Å². The quantitative estimate of drug-likeness (QED) is 0.807. The molecule has 1 heterocycles. The molecule has 1 fully saturated rings. The number of imide groups is 1. The molecule has 0 spiro atoms. The average molecular weight is 247 g/mol. The van der Waals surface area contributed by atoms with Crippen molar-refractivity contribution in [3.05, 3.63) is 35.9 Å². The van der Waals surface area contributed by atoms with Gasteiger partial charge >= 0.3 is 6.09 Å². The monoisotopic (exact) mass is 247 g/mol. The number of hydrogen-bond donors (Lipinski definition) is 0. The Bertz CT molecular complexity index is 430. The molecule has 0 aliphatic carbocycles. The molecule has 0 saturated carbocycles. The molecule has 1 saturated heterocycles. The lowest BCUT2D eigenvalue weighted by atomic mass is 9.99. The lowest BCUT2D eigenvalue weighted by Gasteiger charge is -2.27. The molecule has 1 atom stereocenters. The molecule has 1 aromatic carbocycles. The number of piperidine rings is 1. The molecule has 1 aromatic rings. The highest BCUT2D eigenvalue weighted by Crippen LogP contribution is 2.18. The predicted molar refractivity (Wildman–Crippen MR) is 66.7 cm³/mol. The van der Waals surface area contributed by atoms with Gasteiger partial charge in [0, 0.05) is 13.0 Å².